The van der Waals surface area contributed by atoms with Crippen molar-refractivity contribution in [2.45, 2.75) is 26.4 Å². The molecule has 19 heavy (non-hydrogen) atoms. The van der Waals surface area contributed by atoms with E-state index >= 15 is 0 Å². The van der Waals surface area contributed by atoms with E-state index in [0.29, 0.717) is 10.7 Å². The van der Waals surface area contributed by atoms with E-state index in [1.165, 1.54) is 0 Å². The van der Waals surface area contributed by atoms with Gasteiger partial charge in [0.15, 0.2) is 0 Å². The van der Waals surface area contributed by atoms with E-state index in [1.807, 2.05) is 0 Å². The van der Waals surface area contributed by atoms with Crippen LogP contribution in [-0.4, -0.2) is 24.6 Å². The van der Waals surface area contributed by atoms with Crippen LogP contribution in [0.15, 0.2) is 24.3 Å². The summed E-state index contributed by atoms with van der Waals surface area (Å²) >= 11 is 5.73. The summed E-state index contributed by atoms with van der Waals surface area (Å²) in [5.41, 5.74) is 0.631. The van der Waals surface area contributed by atoms with E-state index in [9.17, 15) is 9.59 Å². The first-order valence-corrected chi connectivity index (χ1v) is 6.35. The second-order valence-electron chi connectivity index (χ2n) is 4.18. The van der Waals surface area contributed by atoms with Crippen LogP contribution >= 0.6 is 11.6 Å². The number of carbonyl (C=O) groups excluding carboxylic acids is 2. The second-order valence-corrected chi connectivity index (χ2v) is 4.61. The third-order valence-electron chi connectivity index (χ3n) is 2.08. The lowest BCUT2D eigenvalue weighted by Crippen LogP contribution is -2.31. The van der Waals surface area contributed by atoms with Gasteiger partial charge < -0.3 is 15.4 Å². The Morgan fingerprint density at radius 1 is 1.26 bits per heavy atom. The lowest BCUT2D eigenvalue weighted by atomic mass is 10.3. The molecule has 2 N–H and O–H groups in total. The maximum absolute atomic E-state index is 11.5. The van der Waals surface area contributed by atoms with E-state index in [1.54, 1.807) is 38.1 Å². The molecular formula is C13H17ClN2O3. The number of carbonyl (C=O) groups is 2. The van der Waals surface area contributed by atoms with E-state index in [0.717, 1.165) is 0 Å². The van der Waals surface area contributed by atoms with Crippen LogP contribution in [0.5, 0.6) is 0 Å². The Morgan fingerprint density at radius 2 is 1.89 bits per heavy atom. The van der Waals surface area contributed by atoms with Crippen molar-refractivity contribution in [3.8, 4) is 0 Å². The molecule has 0 atom stereocenters. The molecule has 0 aliphatic carbocycles. The Balaban J connectivity index is 2.25. The molecule has 0 saturated carbocycles. The number of esters is 1. The highest BCUT2D eigenvalue weighted by Crippen LogP contribution is 2.12. The zero-order chi connectivity index (χ0) is 14.3. The van der Waals surface area contributed by atoms with Crippen LogP contribution in [0, 0.1) is 0 Å². The van der Waals surface area contributed by atoms with Crippen LogP contribution in [-0.2, 0) is 9.53 Å². The van der Waals surface area contributed by atoms with Crippen LogP contribution in [0.2, 0.25) is 5.02 Å². The average molecular weight is 285 g/mol. The van der Waals surface area contributed by atoms with E-state index in [4.69, 9.17) is 16.3 Å². The highest BCUT2D eigenvalue weighted by Gasteiger charge is 2.06. The highest BCUT2D eigenvalue weighted by molar-refractivity contribution is 6.30. The van der Waals surface area contributed by atoms with Gasteiger partial charge in [-0.05, 0) is 38.1 Å². The number of halogens is 1. The molecule has 104 valence electrons. The monoisotopic (exact) mass is 284 g/mol. The molecule has 0 unspecified atom stereocenters. The maximum Gasteiger partial charge on any atom is 0.319 e. The third-order valence-corrected chi connectivity index (χ3v) is 2.34. The zero-order valence-corrected chi connectivity index (χ0v) is 11.7. The fourth-order valence-electron chi connectivity index (χ4n) is 1.31. The van der Waals surface area contributed by atoms with Crippen molar-refractivity contribution in [2.24, 2.45) is 0 Å². The number of urea groups is 1. The first-order valence-electron chi connectivity index (χ1n) is 5.97. The predicted molar refractivity (Wildman–Crippen MR) is 74.3 cm³/mol. The standard InChI is InChI=1S/C13H17ClN2O3/c1-9(2)19-12(17)7-8-15-13(18)16-11-5-3-10(14)4-6-11/h3-6,9H,7-8H2,1-2H3,(H2,15,16,18). The molecule has 0 spiro atoms. The first kappa shape index (κ1) is 15.3. The van der Waals surface area contributed by atoms with Gasteiger partial charge in [0.2, 0.25) is 0 Å². The molecule has 0 saturated heterocycles. The van der Waals surface area contributed by atoms with Gasteiger partial charge in [-0.3, -0.25) is 4.79 Å². The van der Waals surface area contributed by atoms with Gasteiger partial charge in [-0.25, -0.2) is 4.79 Å². The molecule has 0 bridgehead atoms. The van der Waals surface area contributed by atoms with Gasteiger partial charge >= 0.3 is 12.0 Å². The Kier molecular flexibility index (Phi) is 6.15. The van der Waals surface area contributed by atoms with Crippen LogP contribution in [0.3, 0.4) is 0 Å². The molecule has 6 heteroatoms. The number of benzene rings is 1. The van der Waals surface area contributed by atoms with E-state index in [2.05, 4.69) is 10.6 Å². The number of hydrogen-bond donors (Lipinski definition) is 2. The molecule has 0 heterocycles. The van der Waals surface area contributed by atoms with Crippen molar-refractivity contribution in [1.29, 1.82) is 0 Å². The molecule has 1 aromatic carbocycles. The van der Waals surface area contributed by atoms with Crippen molar-refractivity contribution in [1.82, 2.24) is 5.32 Å². The summed E-state index contributed by atoms with van der Waals surface area (Å²) < 4.78 is 4.94. The third kappa shape index (κ3) is 6.67. The molecule has 0 fully saturated rings. The fraction of sp³-hybridized carbons (Fsp3) is 0.385. The summed E-state index contributed by atoms with van der Waals surface area (Å²) in [5.74, 6) is -0.332. The maximum atomic E-state index is 11.5. The molecule has 1 aromatic rings. The van der Waals surface area contributed by atoms with Crippen molar-refractivity contribution in [2.75, 3.05) is 11.9 Å². The second kappa shape index (κ2) is 7.63. The first-order chi connectivity index (χ1) is 8.97. The summed E-state index contributed by atoms with van der Waals surface area (Å²) in [6.45, 7) is 3.78. The smallest absolute Gasteiger partial charge is 0.319 e. The molecule has 0 aromatic heterocycles. The summed E-state index contributed by atoms with van der Waals surface area (Å²) in [6, 6.07) is 6.36. The molecular weight excluding hydrogens is 268 g/mol. The molecule has 2 amide bonds. The summed E-state index contributed by atoms with van der Waals surface area (Å²) in [4.78, 5) is 22.7. The Hall–Kier alpha value is -1.75. The van der Waals surface area contributed by atoms with Crippen LogP contribution in [0.25, 0.3) is 0 Å². The van der Waals surface area contributed by atoms with Gasteiger partial charge in [-0.2, -0.15) is 0 Å². The topological polar surface area (TPSA) is 67.4 Å². The van der Waals surface area contributed by atoms with Gasteiger partial charge in [0, 0.05) is 17.3 Å². The minimum atomic E-state index is -0.375. The molecule has 0 aliphatic heterocycles. The van der Waals surface area contributed by atoms with E-state index < -0.39 is 0 Å². The summed E-state index contributed by atoms with van der Waals surface area (Å²) in [6.07, 6.45) is 0.00190. The predicted octanol–water partition coefficient (Wildman–Crippen LogP) is 2.80. The van der Waals surface area contributed by atoms with Crippen molar-refractivity contribution >= 4 is 29.3 Å². The van der Waals surface area contributed by atoms with Gasteiger partial charge in [-0.15, -0.1) is 0 Å². The number of nitrogens with one attached hydrogen (secondary N) is 2. The number of rotatable bonds is 5. The Morgan fingerprint density at radius 3 is 2.47 bits per heavy atom. The minimum Gasteiger partial charge on any atom is -0.463 e. The van der Waals surface area contributed by atoms with Crippen LogP contribution in [0.4, 0.5) is 10.5 Å². The number of anilines is 1. The van der Waals surface area contributed by atoms with Gasteiger partial charge in [0.1, 0.15) is 0 Å². The number of hydrogen-bond acceptors (Lipinski definition) is 3. The SMILES string of the molecule is CC(C)OC(=O)CCNC(=O)Nc1ccc(Cl)cc1. The van der Waals surface area contributed by atoms with Gasteiger partial charge in [0.05, 0.1) is 12.5 Å². The Bertz CT molecular complexity index is 432. The molecule has 0 aliphatic rings. The largest absolute Gasteiger partial charge is 0.463 e. The van der Waals surface area contributed by atoms with Crippen molar-refractivity contribution in [3.63, 3.8) is 0 Å². The molecule has 5 nitrogen and oxygen atoms in total. The fourth-order valence-corrected chi connectivity index (χ4v) is 1.43. The normalized spacial score (nSPS) is 10.1. The number of amides is 2. The molecule has 0 radical (unpaired) electrons. The average Bonchev–Trinajstić information content (AvgIpc) is 2.31. The zero-order valence-electron chi connectivity index (χ0n) is 10.9. The quantitative estimate of drug-likeness (QED) is 0.817. The van der Waals surface area contributed by atoms with Gasteiger partial charge in [-0.1, -0.05) is 11.6 Å². The molecule has 1 rings (SSSR count). The Labute approximate surface area is 117 Å². The van der Waals surface area contributed by atoms with Crippen molar-refractivity contribution < 1.29 is 14.3 Å². The van der Waals surface area contributed by atoms with Gasteiger partial charge in [0.25, 0.3) is 0 Å². The van der Waals surface area contributed by atoms with Crippen LogP contribution in [0.1, 0.15) is 20.3 Å². The lowest BCUT2D eigenvalue weighted by molar-refractivity contribution is -0.147. The highest BCUT2D eigenvalue weighted by atomic mass is 35.5. The number of ether oxygens (including phenoxy) is 1. The van der Waals surface area contributed by atoms with Crippen LogP contribution < -0.4 is 10.6 Å². The summed E-state index contributed by atoms with van der Waals surface area (Å²) in [7, 11) is 0. The van der Waals surface area contributed by atoms with E-state index in [-0.39, 0.29) is 31.1 Å². The lowest BCUT2D eigenvalue weighted by Gasteiger charge is -2.09. The minimum absolute atomic E-state index is 0.143. The van der Waals surface area contributed by atoms with Crippen molar-refractivity contribution in [3.05, 3.63) is 29.3 Å². The summed E-state index contributed by atoms with van der Waals surface area (Å²) in [5, 5.41) is 5.79.